The van der Waals surface area contributed by atoms with Crippen LogP contribution in [0.1, 0.15) is 9.75 Å². The fourth-order valence-corrected chi connectivity index (χ4v) is 6.32. The summed E-state index contributed by atoms with van der Waals surface area (Å²) in [6.45, 7) is 0. The highest BCUT2D eigenvalue weighted by Gasteiger charge is 2.10. The van der Waals surface area contributed by atoms with Gasteiger partial charge < -0.3 is 10.6 Å². The molecule has 0 radical (unpaired) electrons. The summed E-state index contributed by atoms with van der Waals surface area (Å²) in [5.41, 5.74) is 1.64. The Balaban J connectivity index is 1.39. The minimum atomic E-state index is -0.233. The van der Waals surface area contributed by atoms with Crippen LogP contribution in [0.2, 0.25) is 0 Å². The van der Waals surface area contributed by atoms with E-state index < -0.39 is 0 Å². The molecule has 152 valence electrons. The maximum atomic E-state index is 12.7. The Morgan fingerprint density at radius 3 is 1.57 bits per heavy atom. The van der Waals surface area contributed by atoms with Gasteiger partial charge in [0.15, 0.2) is 0 Å². The summed E-state index contributed by atoms with van der Waals surface area (Å²) in [5.74, 6) is 1.78. The molecule has 0 unspecified atom stereocenters. The number of carbonyl (C=O) groups excluding carboxylic acids is 1. The minimum Gasteiger partial charge on any atom is -0.307 e. The van der Waals surface area contributed by atoms with Gasteiger partial charge in [-0.3, -0.25) is 0 Å². The largest absolute Gasteiger partial charge is 0.323 e. The van der Waals surface area contributed by atoms with Crippen molar-refractivity contribution >= 4 is 63.6 Å². The monoisotopic (exact) mass is 468 g/mol. The third-order valence-electron chi connectivity index (χ3n) is 4.17. The molecule has 4 aromatic rings. The summed E-state index contributed by atoms with van der Waals surface area (Å²) >= 11 is 6.95. The van der Waals surface area contributed by atoms with Crippen molar-refractivity contribution < 1.29 is 4.79 Å². The predicted molar refractivity (Wildman–Crippen MR) is 133 cm³/mol. The quantitative estimate of drug-likeness (QED) is 0.257. The van der Waals surface area contributed by atoms with Crippen LogP contribution in [-0.4, -0.2) is 6.03 Å². The molecule has 2 aromatic heterocycles. The SMILES string of the molecule is O=C(Nc1ccccc1SCc1cccs1)Nc1ccccc1SCc1cccs1. The maximum Gasteiger partial charge on any atom is 0.323 e. The van der Waals surface area contributed by atoms with Gasteiger partial charge in [-0.1, -0.05) is 36.4 Å². The number of urea groups is 1. The number of carbonyl (C=O) groups is 1. The second kappa shape index (κ2) is 10.7. The molecule has 30 heavy (non-hydrogen) atoms. The molecule has 7 heteroatoms. The Hall–Kier alpha value is -2.19. The van der Waals surface area contributed by atoms with Crippen molar-refractivity contribution in [2.75, 3.05) is 10.6 Å². The number of thioether (sulfide) groups is 2. The molecule has 0 fully saturated rings. The Morgan fingerprint density at radius 2 is 1.13 bits per heavy atom. The van der Waals surface area contributed by atoms with Gasteiger partial charge in [-0.05, 0) is 47.2 Å². The number of hydrogen-bond donors (Lipinski definition) is 2. The van der Waals surface area contributed by atoms with Gasteiger partial charge in [0.25, 0.3) is 0 Å². The molecule has 2 N–H and O–H groups in total. The van der Waals surface area contributed by atoms with E-state index in [0.29, 0.717) is 0 Å². The average molecular weight is 469 g/mol. The lowest BCUT2D eigenvalue weighted by Crippen LogP contribution is -2.20. The first-order valence-corrected chi connectivity index (χ1v) is 13.1. The first-order valence-electron chi connectivity index (χ1n) is 9.34. The number of amides is 2. The number of hydrogen-bond acceptors (Lipinski definition) is 5. The normalized spacial score (nSPS) is 10.7. The van der Waals surface area contributed by atoms with E-state index in [1.54, 1.807) is 46.2 Å². The van der Waals surface area contributed by atoms with E-state index in [-0.39, 0.29) is 6.03 Å². The van der Waals surface area contributed by atoms with Gasteiger partial charge in [-0.15, -0.1) is 46.2 Å². The van der Waals surface area contributed by atoms with Gasteiger partial charge in [0.2, 0.25) is 0 Å². The van der Waals surface area contributed by atoms with E-state index in [0.717, 1.165) is 32.7 Å². The maximum absolute atomic E-state index is 12.7. The minimum absolute atomic E-state index is 0.233. The summed E-state index contributed by atoms with van der Waals surface area (Å²) in [5, 5.41) is 10.2. The molecular formula is C23H20N2OS4. The lowest BCUT2D eigenvalue weighted by molar-refractivity contribution is 0.262. The Morgan fingerprint density at radius 1 is 0.667 bits per heavy atom. The molecule has 0 atom stereocenters. The van der Waals surface area contributed by atoms with E-state index in [9.17, 15) is 4.79 Å². The van der Waals surface area contributed by atoms with Crippen LogP contribution in [0.3, 0.4) is 0 Å². The number of thiophene rings is 2. The summed E-state index contributed by atoms with van der Waals surface area (Å²) in [6, 6.07) is 24.0. The van der Waals surface area contributed by atoms with Crippen molar-refractivity contribution in [1.82, 2.24) is 0 Å². The molecule has 3 nitrogen and oxygen atoms in total. The zero-order valence-electron chi connectivity index (χ0n) is 16.0. The van der Waals surface area contributed by atoms with E-state index >= 15 is 0 Å². The molecular weight excluding hydrogens is 449 g/mol. The van der Waals surface area contributed by atoms with Gasteiger partial charge in [0, 0.05) is 31.1 Å². The highest BCUT2D eigenvalue weighted by molar-refractivity contribution is 7.99. The highest BCUT2D eigenvalue weighted by Crippen LogP contribution is 2.33. The summed E-state index contributed by atoms with van der Waals surface area (Å²) in [6.07, 6.45) is 0. The summed E-state index contributed by atoms with van der Waals surface area (Å²) in [4.78, 5) is 17.5. The third kappa shape index (κ3) is 5.92. The van der Waals surface area contributed by atoms with E-state index in [4.69, 9.17) is 0 Å². The second-order valence-electron chi connectivity index (χ2n) is 6.31. The Kier molecular flexibility index (Phi) is 7.53. The number of anilines is 2. The lowest BCUT2D eigenvalue weighted by Gasteiger charge is -2.13. The molecule has 0 saturated heterocycles. The van der Waals surface area contributed by atoms with Gasteiger partial charge in [0.1, 0.15) is 0 Å². The molecule has 0 bridgehead atoms. The zero-order valence-corrected chi connectivity index (χ0v) is 19.3. The molecule has 0 aliphatic heterocycles. The molecule has 2 amide bonds. The number of benzene rings is 2. The lowest BCUT2D eigenvalue weighted by atomic mass is 10.3. The Bertz CT molecular complexity index is 993. The molecule has 0 aliphatic rings. The molecule has 0 aliphatic carbocycles. The van der Waals surface area contributed by atoms with Gasteiger partial charge >= 0.3 is 6.03 Å². The number of para-hydroxylation sites is 2. The third-order valence-corrected chi connectivity index (χ3v) is 8.53. The van der Waals surface area contributed by atoms with E-state index in [1.165, 1.54) is 9.75 Å². The van der Waals surface area contributed by atoms with Crippen LogP contribution in [-0.2, 0) is 11.5 Å². The van der Waals surface area contributed by atoms with Crippen LogP contribution in [0.15, 0.2) is 93.3 Å². The second-order valence-corrected chi connectivity index (χ2v) is 10.4. The number of rotatable bonds is 8. The van der Waals surface area contributed by atoms with Crippen LogP contribution in [0, 0.1) is 0 Å². The molecule has 2 heterocycles. The highest BCUT2D eigenvalue weighted by atomic mass is 32.2. The molecule has 0 saturated carbocycles. The van der Waals surface area contributed by atoms with Gasteiger partial charge in [-0.25, -0.2) is 4.79 Å². The van der Waals surface area contributed by atoms with Crippen molar-refractivity contribution in [1.29, 1.82) is 0 Å². The van der Waals surface area contributed by atoms with E-state index in [1.807, 2.05) is 48.5 Å². The van der Waals surface area contributed by atoms with Gasteiger partial charge in [-0.2, -0.15) is 0 Å². The first-order chi connectivity index (χ1) is 14.8. The summed E-state index contributed by atoms with van der Waals surface area (Å²) < 4.78 is 0. The predicted octanol–water partition coefficient (Wildman–Crippen LogP) is 8.04. The van der Waals surface area contributed by atoms with Crippen molar-refractivity contribution in [2.24, 2.45) is 0 Å². The smallest absolute Gasteiger partial charge is 0.307 e. The van der Waals surface area contributed by atoms with Crippen molar-refractivity contribution in [3.05, 3.63) is 93.3 Å². The van der Waals surface area contributed by atoms with Crippen LogP contribution in [0.4, 0.5) is 16.2 Å². The number of nitrogens with one attached hydrogen (secondary N) is 2. The van der Waals surface area contributed by atoms with Gasteiger partial charge in [0.05, 0.1) is 11.4 Å². The van der Waals surface area contributed by atoms with Crippen LogP contribution in [0.5, 0.6) is 0 Å². The van der Waals surface area contributed by atoms with Crippen molar-refractivity contribution in [3.63, 3.8) is 0 Å². The topological polar surface area (TPSA) is 41.1 Å². The standard InChI is InChI=1S/C23H20N2OS4/c26-23(24-19-9-1-3-11-21(19)29-15-17-7-5-13-27-17)25-20-10-2-4-12-22(20)30-16-18-8-6-14-28-18/h1-14H,15-16H2,(H2,24,25,26). The van der Waals surface area contributed by atoms with Crippen LogP contribution < -0.4 is 10.6 Å². The van der Waals surface area contributed by atoms with Crippen molar-refractivity contribution in [3.8, 4) is 0 Å². The Labute approximate surface area is 192 Å². The fourth-order valence-electron chi connectivity index (χ4n) is 2.75. The van der Waals surface area contributed by atoms with E-state index in [2.05, 4.69) is 45.7 Å². The van der Waals surface area contributed by atoms with Crippen LogP contribution >= 0.6 is 46.2 Å². The molecule has 0 spiro atoms. The molecule has 4 rings (SSSR count). The zero-order chi connectivity index (χ0) is 20.6. The first kappa shape index (κ1) is 21.1. The average Bonchev–Trinajstić information content (AvgIpc) is 3.47. The van der Waals surface area contributed by atoms with Crippen LogP contribution in [0.25, 0.3) is 0 Å². The fraction of sp³-hybridized carbons (Fsp3) is 0.0870. The summed E-state index contributed by atoms with van der Waals surface area (Å²) in [7, 11) is 0. The molecule has 2 aromatic carbocycles. The van der Waals surface area contributed by atoms with Crippen molar-refractivity contribution in [2.45, 2.75) is 21.3 Å².